The van der Waals surface area contributed by atoms with Crippen LogP contribution in [0.5, 0.6) is 0 Å². The zero-order valence-corrected chi connectivity index (χ0v) is 12.7. The second kappa shape index (κ2) is 6.00. The summed E-state index contributed by atoms with van der Waals surface area (Å²) in [5.41, 5.74) is 1.85. The van der Waals surface area contributed by atoms with Crippen LogP contribution >= 0.6 is 15.9 Å². The predicted octanol–water partition coefficient (Wildman–Crippen LogP) is 4.23. The highest BCUT2D eigenvalue weighted by molar-refractivity contribution is 9.10. The third kappa shape index (κ3) is 3.14. The van der Waals surface area contributed by atoms with Gasteiger partial charge in [-0.25, -0.2) is 4.98 Å². The molecule has 5 nitrogen and oxygen atoms in total. The molecule has 2 aromatic rings. The summed E-state index contributed by atoms with van der Waals surface area (Å²) in [6, 6.07) is 9.47. The number of aryl methyl sites for hydroxylation is 1. The van der Waals surface area contributed by atoms with Crippen LogP contribution in [0.3, 0.4) is 0 Å². The topological polar surface area (TPSA) is 68.1 Å². The molecule has 104 valence electrons. The number of hydrogen-bond donors (Lipinski definition) is 1. The molecule has 20 heavy (non-hydrogen) atoms. The molecule has 0 amide bonds. The molecule has 1 aromatic heterocycles. The Morgan fingerprint density at radius 2 is 2.10 bits per heavy atom. The summed E-state index contributed by atoms with van der Waals surface area (Å²) >= 11 is 3.51. The molecule has 1 N–H and O–H groups in total. The standard InChI is InChI=1S/C14H14BrN3O2/c1-9-7-11(18(19)20)8-16-14(9)17-10(2)12-5-3-4-6-13(12)15/h3-8,10H,1-2H3,(H,16,17). The Morgan fingerprint density at radius 1 is 1.40 bits per heavy atom. The quantitative estimate of drug-likeness (QED) is 0.670. The lowest BCUT2D eigenvalue weighted by Crippen LogP contribution is -2.10. The number of anilines is 1. The summed E-state index contributed by atoms with van der Waals surface area (Å²) < 4.78 is 1.01. The van der Waals surface area contributed by atoms with Gasteiger partial charge in [-0.1, -0.05) is 34.1 Å². The largest absolute Gasteiger partial charge is 0.363 e. The van der Waals surface area contributed by atoms with Gasteiger partial charge in [-0.2, -0.15) is 0 Å². The van der Waals surface area contributed by atoms with Crippen LogP contribution in [0.15, 0.2) is 41.0 Å². The molecule has 0 bridgehead atoms. The first-order chi connectivity index (χ1) is 9.49. The van der Waals surface area contributed by atoms with Gasteiger partial charge in [0.25, 0.3) is 5.69 Å². The molecule has 0 spiro atoms. The molecule has 0 aliphatic heterocycles. The molecule has 1 unspecified atom stereocenters. The maximum absolute atomic E-state index is 10.7. The van der Waals surface area contributed by atoms with Crippen LogP contribution in [0, 0.1) is 17.0 Å². The zero-order valence-electron chi connectivity index (χ0n) is 11.1. The van der Waals surface area contributed by atoms with Gasteiger partial charge in [0.15, 0.2) is 0 Å². The fraction of sp³-hybridized carbons (Fsp3) is 0.214. The van der Waals surface area contributed by atoms with Crippen LogP contribution in [-0.2, 0) is 0 Å². The molecule has 1 atom stereocenters. The lowest BCUT2D eigenvalue weighted by atomic mass is 10.1. The number of halogens is 1. The summed E-state index contributed by atoms with van der Waals surface area (Å²) in [5, 5.41) is 14.0. The maximum atomic E-state index is 10.7. The highest BCUT2D eigenvalue weighted by atomic mass is 79.9. The number of nitrogens with one attached hydrogen (secondary N) is 1. The van der Waals surface area contributed by atoms with Gasteiger partial charge in [0, 0.05) is 10.5 Å². The Kier molecular flexibility index (Phi) is 4.34. The van der Waals surface area contributed by atoms with Gasteiger partial charge < -0.3 is 5.32 Å². The SMILES string of the molecule is Cc1cc([N+](=O)[O-])cnc1NC(C)c1ccccc1Br. The van der Waals surface area contributed by atoms with Crippen molar-refractivity contribution in [2.45, 2.75) is 19.9 Å². The first-order valence-corrected chi connectivity index (χ1v) is 6.90. The number of pyridine rings is 1. The number of rotatable bonds is 4. The fourth-order valence-corrected chi connectivity index (χ4v) is 2.55. The molecule has 0 aliphatic rings. The van der Waals surface area contributed by atoms with Gasteiger partial charge in [0.1, 0.15) is 12.0 Å². The second-order valence-corrected chi connectivity index (χ2v) is 5.36. The highest BCUT2D eigenvalue weighted by Crippen LogP contribution is 2.27. The minimum absolute atomic E-state index is 0.00148. The smallest absolute Gasteiger partial charge is 0.287 e. The Hall–Kier alpha value is -1.95. The van der Waals surface area contributed by atoms with Gasteiger partial charge in [-0.15, -0.1) is 0 Å². The molecule has 1 heterocycles. The minimum Gasteiger partial charge on any atom is -0.363 e. The Balaban J connectivity index is 2.22. The van der Waals surface area contributed by atoms with Gasteiger partial charge in [0.2, 0.25) is 0 Å². The summed E-state index contributed by atoms with van der Waals surface area (Å²) in [4.78, 5) is 14.4. The van der Waals surface area contributed by atoms with Crippen molar-refractivity contribution in [3.8, 4) is 0 Å². The molecular weight excluding hydrogens is 322 g/mol. The van der Waals surface area contributed by atoms with Crippen LogP contribution in [0.1, 0.15) is 24.1 Å². The molecule has 2 rings (SSSR count). The molecule has 0 saturated carbocycles. The Bertz CT molecular complexity index is 646. The van der Waals surface area contributed by atoms with Gasteiger partial charge in [-0.3, -0.25) is 10.1 Å². The Labute approximate surface area is 125 Å². The van der Waals surface area contributed by atoms with E-state index in [9.17, 15) is 10.1 Å². The second-order valence-electron chi connectivity index (χ2n) is 4.50. The lowest BCUT2D eigenvalue weighted by molar-refractivity contribution is -0.385. The average Bonchev–Trinajstić information content (AvgIpc) is 2.41. The van der Waals surface area contributed by atoms with Gasteiger partial charge in [-0.05, 0) is 31.0 Å². The maximum Gasteiger partial charge on any atom is 0.287 e. The van der Waals surface area contributed by atoms with E-state index in [1.807, 2.05) is 31.2 Å². The molecular formula is C14H14BrN3O2. The van der Waals surface area contributed by atoms with E-state index >= 15 is 0 Å². The number of aromatic nitrogens is 1. The number of benzene rings is 1. The third-order valence-electron chi connectivity index (χ3n) is 3.00. The van der Waals surface area contributed by atoms with Crippen molar-refractivity contribution in [3.05, 3.63) is 62.2 Å². The molecule has 0 radical (unpaired) electrons. The predicted molar refractivity (Wildman–Crippen MR) is 81.8 cm³/mol. The van der Waals surface area contributed by atoms with Crippen LogP contribution in [0.2, 0.25) is 0 Å². The summed E-state index contributed by atoms with van der Waals surface area (Å²) in [6.07, 6.45) is 1.27. The average molecular weight is 336 g/mol. The van der Waals surface area contributed by atoms with Crippen LogP contribution < -0.4 is 5.32 Å². The van der Waals surface area contributed by atoms with Crippen molar-refractivity contribution in [3.63, 3.8) is 0 Å². The first-order valence-electron chi connectivity index (χ1n) is 6.11. The van der Waals surface area contributed by atoms with Crippen LogP contribution in [0.4, 0.5) is 11.5 Å². The monoisotopic (exact) mass is 335 g/mol. The number of hydrogen-bond acceptors (Lipinski definition) is 4. The number of nitrogens with zero attached hydrogens (tertiary/aromatic N) is 2. The molecule has 6 heteroatoms. The van der Waals surface area contributed by atoms with Crippen molar-refractivity contribution in [2.75, 3.05) is 5.32 Å². The summed E-state index contributed by atoms with van der Waals surface area (Å²) in [5.74, 6) is 0.652. The van der Waals surface area contributed by atoms with Gasteiger partial charge >= 0.3 is 0 Å². The zero-order chi connectivity index (χ0) is 14.7. The van der Waals surface area contributed by atoms with E-state index in [2.05, 4.69) is 26.2 Å². The normalized spacial score (nSPS) is 11.9. The minimum atomic E-state index is -0.443. The third-order valence-corrected chi connectivity index (χ3v) is 3.72. The molecule has 1 aromatic carbocycles. The van der Waals surface area contributed by atoms with Crippen molar-refractivity contribution in [1.82, 2.24) is 4.98 Å². The molecule has 0 aliphatic carbocycles. The fourth-order valence-electron chi connectivity index (χ4n) is 1.92. The van der Waals surface area contributed by atoms with Crippen molar-refractivity contribution >= 4 is 27.4 Å². The van der Waals surface area contributed by atoms with Crippen LogP contribution in [-0.4, -0.2) is 9.91 Å². The van der Waals surface area contributed by atoms with E-state index in [-0.39, 0.29) is 11.7 Å². The first kappa shape index (κ1) is 14.5. The van der Waals surface area contributed by atoms with Crippen molar-refractivity contribution in [2.24, 2.45) is 0 Å². The van der Waals surface area contributed by atoms with Crippen molar-refractivity contribution in [1.29, 1.82) is 0 Å². The summed E-state index contributed by atoms with van der Waals surface area (Å²) in [6.45, 7) is 3.82. The summed E-state index contributed by atoms with van der Waals surface area (Å²) in [7, 11) is 0. The van der Waals surface area contributed by atoms with E-state index < -0.39 is 4.92 Å². The lowest BCUT2D eigenvalue weighted by Gasteiger charge is -2.17. The van der Waals surface area contributed by atoms with Gasteiger partial charge in [0.05, 0.1) is 11.0 Å². The van der Waals surface area contributed by atoms with E-state index in [1.54, 1.807) is 6.92 Å². The van der Waals surface area contributed by atoms with E-state index in [0.717, 1.165) is 15.6 Å². The van der Waals surface area contributed by atoms with E-state index in [4.69, 9.17) is 0 Å². The van der Waals surface area contributed by atoms with Crippen molar-refractivity contribution < 1.29 is 4.92 Å². The Morgan fingerprint density at radius 3 is 2.70 bits per heavy atom. The number of nitro groups is 1. The van der Waals surface area contributed by atoms with E-state index in [0.29, 0.717) is 5.82 Å². The van der Waals surface area contributed by atoms with E-state index in [1.165, 1.54) is 12.3 Å². The molecule has 0 fully saturated rings. The van der Waals surface area contributed by atoms with Crippen LogP contribution in [0.25, 0.3) is 0 Å². The molecule has 0 saturated heterocycles. The highest BCUT2D eigenvalue weighted by Gasteiger charge is 2.13.